The van der Waals surface area contributed by atoms with Crippen LogP contribution < -0.4 is 9.44 Å². The Morgan fingerprint density at radius 2 is 1.80 bits per heavy atom. The Morgan fingerprint density at radius 3 is 2.43 bits per heavy atom. The van der Waals surface area contributed by atoms with Gasteiger partial charge in [0.15, 0.2) is 0 Å². The van der Waals surface area contributed by atoms with Crippen molar-refractivity contribution in [1.82, 2.24) is 14.3 Å². The van der Waals surface area contributed by atoms with E-state index in [-0.39, 0.29) is 36.7 Å². The van der Waals surface area contributed by atoms with Gasteiger partial charge in [-0.05, 0) is 48.2 Å². The average Bonchev–Trinajstić information content (AvgIpc) is 3.69. The van der Waals surface area contributed by atoms with E-state index in [1.54, 1.807) is 0 Å². The standard InChI is InChI=1S/C23H22F5N3O3S/c24-12-4-7-15(14(8-12)21-17(25)2-1-3-18(21)26)23(28)9-16(23)22(32)31-11-19(27)20(31)10-29-35(33,34)30-13-5-6-13/h1-4,7-8,13,16,19-20,29-30H,5-6,9-11H2/t16-,19+,20+,23+/m0/s1. The Morgan fingerprint density at radius 1 is 1.11 bits per heavy atom. The molecule has 188 valence electrons. The third-order valence-corrected chi connectivity index (χ3v) is 7.90. The number of benzene rings is 2. The predicted molar refractivity (Wildman–Crippen MR) is 116 cm³/mol. The van der Waals surface area contributed by atoms with Gasteiger partial charge in [0.2, 0.25) is 5.91 Å². The zero-order valence-electron chi connectivity index (χ0n) is 18.3. The van der Waals surface area contributed by atoms with Crippen LogP contribution in [0.25, 0.3) is 11.1 Å². The lowest BCUT2D eigenvalue weighted by Gasteiger charge is -2.44. The molecule has 35 heavy (non-hydrogen) atoms. The third-order valence-electron chi connectivity index (χ3n) is 6.71. The number of halogens is 5. The van der Waals surface area contributed by atoms with Crippen molar-refractivity contribution in [3.05, 3.63) is 59.4 Å². The summed E-state index contributed by atoms with van der Waals surface area (Å²) in [4.78, 5) is 14.1. The number of hydrogen-bond acceptors (Lipinski definition) is 3. The van der Waals surface area contributed by atoms with Gasteiger partial charge in [0.1, 0.15) is 29.3 Å². The minimum absolute atomic E-state index is 0.157. The molecule has 2 aromatic rings. The molecular formula is C23H22F5N3O3S. The number of carbonyl (C=O) groups excluding carboxylic acids is 1. The molecule has 6 nitrogen and oxygen atoms in total. The molecule has 3 aliphatic rings. The van der Waals surface area contributed by atoms with E-state index < -0.39 is 62.9 Å². The maximum absolute atomic E-state index is 15.9. The van der Waals surface area contributed by atoms with E-state index in [4.69, 9.17) is 0 Å². The highest BCUT2D eigenvalue weighted by atomic mass is 32.2. The minimum Gasteiger partial charge on any atom is -0.332 e. The molecule has 2 aromatic carbocycles. The predicted octanol–water partition coefficient (Wildman–Crippen LogP) is 3.09. The van der Waals surface area contributed by atoms with Gasteiger partial charge in [-0.15, -0.1) is 0 Å². The smallest absolute Gasteiger partial charge is 0.277 e. The summed E-state index contributed by atoms with van der Waals surface area (Å²) in [7, 11) is -3.87. The summed E-state index contributed by atoms with van der Waals surface area (Å²) in [5, 5.41) is 0. The molecule has 4 atom stereocenters. The molecule has 1 heterocycles. The van der Waals surface area contributed by atoms with Gasteiger partial charge in [-0.1, -0.05) is 12.1 Å². The van der Waals surface area contributed by atoms with Crippen LogP contribution in [0.2, 0.25) is 0 Å². The highest BCUT2D eigenvalue weighted by Gasteiger charge is 2.64. The van der Waals surface area contributed by atoms with Crippen LogP contribution in [-0.4, -0.2) is 50.6 Å². The van der Waals surface area contributed by atoms with Crippen LogP contribution in [0, 0.1) is 23.4 Å². The largest absolute Gasteiger partial charge is 0.332 e. The molecule has 0 bridgehead atoms. The lowest BCUT2D eigenvalue weighted by molar-refractivity contribution is -0.147. The molecule has 2 saturated carbocycles. The van der Waals surface area contributed by atoms with Gasteiger partial charge in [-0.25, -0.2) is 26.7 Å². The highest BCUT2D eigenvalue weighted by Crippen LogP contribution is 2.59. The second kappa shape index (κ2) is 8.52. The number of carbonyl (C=O) groups is 1. The summed E-state index contributed by atoms with van der Waals surface area (Å²) in [5.41, 5.74) is -3.54. The van der Waals surface area contributed by atoms with Crippen molar-refractivity contribution in [3.8, 4) is 11.1 Å². The fourth-order valence-corrected chi connectivity index (χ4v) is 5.66. The Labute approximate surface area is 198 Å². The normalized spacial score (nSPS) is 28.0. The van der Waals surface area contributed by atoms with Crippen molar-refractivity contribution < 1.29 is 35.2 Å². The number of alkyl halides is 2. The van der Waals surface area contributed by atoms with E-state index in [0.29, 0.717) is 12.8 Å². The highest BCUT2D eigenvalue weighted by molar-refractivity contribution is 7.87. The van der Waals surface area contributed by atoms with Crippen molar-refractivity contribution in [3.63, 3.8) is 0 Å². The molecule has 2 N–H and O–H groups in total. The molecule has 2 aliphatic carbocycles. The zero-order valence-corrected chi connectivity index (χ0v) is 19.1. The van der Waals surface area contributed by atoms with Crippen LogP contribution in [0.15, 0.2) is 36.4 Å². The summed E-state index contributed by atoms with van der Waals surface area (Å²) in [6.45, 7) is -0.713. The van der Waals surface area contributed by atoms with Crippen LogP contribution in [-0.2, 0) is 20.7 Å². The monoisotopic (exact) mass is 515 g/mol. The summed E-state index contributed by atoms with van der Waals surface area (Å²) < 4.78 is 101. The number of hydrogen-bond donors (Lipinski definition) is 2. The van der Waals surface area contributed by atoms with Gasteiger partial charge in [-0.3, -0.25) is 4.79 Å². The molecule has 0 aromatic heterocycles. The Balaban J connectivity index is 1.34. The van der Waals surface area contributed by atoms with E-state index >= 15 is 4.39 Å². The van der Waals surface area contributed by atoms with Crippen molar-refractivity contribution in [2.24, 2.45) is 5.92 Å². The van der Waals surface area contributed by atoms with Gasteiger partial charge in [-0.2, -0.15) is 13.1 Å². The van der Waals surface area contributed by atoms with Crippen molar-refractivity contribution in [2.75, 3.05) is 13.1 Å². The first-order chi connectivity index (χ1) is 16.5. The van der Waals surface area contributed by atoms with Crippen molar-refractivity contribution in [2.45, 2.75) is 43.2 Å². The van der Waals surface area contributed by atoms with Gasteiger partial charge in [0.05, 0.1) is 24.1 Å². The SMILES string of the molecule is O=C([C@@H]1C[C@@]1(F)c1ccc(F)cc1-c1c(F)cccc1F)N1C[C@@H](F)[C@H]1CNS(=O)(=O)NC1CC1. The van der Waals surface area contributed by atoms with Crippen LogP contribution in [0.4, 0.5) is 22.0 Å². The molecule has 0 unspecified atom stereocenters. The van der Waals surface area contributed by atoms with Crippen molar-refractivity contribution in [1.29, 1.82) is 0 Å². The summed E-state index contributed by atoms with van der Waals surface area (Å²) >= 11 is 0. The van der Waals surface area contributed by atoms with Crippen LogP contribution in [0.5, 0.6) is 0 Å². The Hall–Kier alpha value is -2.57. The molecular weight excluding hydrogens is 493 g/mol. The molecule has 0 spiro atoms. The quantitative estimate of drug-likeness (QED) is 0.531. The van der Waals surface area contributed by atoms with Crippen LogP contribution in [0.3, 0.4) is 0 Å². The third kappa shape index (κ3) is 4.54. The van der Waals surface area contributed by atoms with E-state index in [1.165, 1.54) is 0 Å². The first kappa shape index (κ1) is 24.1. The zero-order chi connectivity index (χ0) is 25.1. The summed E-state index contributed by atoms with van der Waals surface area (Å²) in [6, 6.07) is 4.56. The van der Waals surface area contributed by atoms with Crippen LogP contribution in [0.1, 0.15) is 24.8 Å². The first-order valence-electron chi connectivity index (χ1n) is 11.1. The van der Waals surface area contributed by atoms with Gasteiger partial charge < -0.3 is 4.90 Å². The maximum atomic E-state index is 15.9. The summed E-state index contributed by atoms with van der Waals surface area (Å²) in [6.07, 6.45) is -0.411. The van der Waals surface area contributed by atoms with E-state index in [9.17, 15) is 30.8 Å². The van der Waals surface area contributed by atoms with E-state index in [1.807, 2.05) is 0 Å². The number of rotatable bonds is 8. The topological polar surface area (TPSA) is 78.5 Å². The molecule has 1 aliphatic heterocycles. The van der Waals surface area contributed by atoms with E-state index in [2.05, 4.69) is 9.44 Å². The van der Waals surface area contributed by atoms with Gasteiger partial charge >= 0.3 is 0 Å². The number of nitrogens with zero attached hydrogens (tertiary/aromatic N) is 1. The number of amides is 1. The average molecular weight is 516 g/mol. The maximum Gasteiger partial charge on any atom is 0.277 e. The van der Waals surface area contributed by atoms with Crippen LogP contribution >= 0.6 is 0 Å². The van der Waals surface area contributed by atoms with E-state index in [0.717, 1.165) is 41.3 Å². The van der Waals surface area contributed by atoms with Gasteiger partial charge in [0.25, 0.3) is 10.2 Å². The molecule has 3 fully saturated rings. The second-order valence-electron chi connectivity index (χ2n) is 9.22. The van der Waals surface area contributed by atoms with Crippen molar-refractivity contribution >= 4 is 16.1 Å². The lowest BCUT2D eigenvalue weighted by Crippen LogP contribution is -2.65. The summed E-state index contributed by atoms with van der Waals surface area (Å²) in [5.74, 6) is -4.89. The molecule has 1 saturated heterocycles. The molecule has 5 rings (SSSR count). The first-order valence-corrected chi connectivity index (χ1v) is 12.6. The fraction of sp³-hybridized carbons (Fsp3) is 0.435. The number of nitrogens with one attached hydrogen (secondary N) is 2. The number of likely N-dealkylation sites (tertiary alicyclic amines) is 1. The Kier molecular flexibility index (Phi) is 5.88. The second-order valence-corrected chi connectivity index (χ2v) is 10.8. The molecule has 0 radical (unpaired) electrons. The lowest BCUT2D eigenvalue weighted by atomic mass is 9.92. The Bertz CT molecular complexity index is 1270. The molecule has 1 amide bonds. The minimum atomic E-state index is -3.87. The fourth-order valence-electron chi connectivity index (χ4n) is 4.51. The molecule has 12 heteroatoms. The van der Waals surface area contributed by atoms with Gasteiger partial charge in [0, 0.05) is 19.0 Å².